The molecule has 3 aromatic rings. The van der Waals surface area contributed by atoms with Crippen LogP contribution in [0.3, 0.4) is 0 Å². The first-order valence-electron chi connectivity index (χ1n) is 6.55. The van der Waals surface area contributed by atoms with Crippen LogP contribution >= 0.6 is 11.3 Å². The van der Waals surface area contributed by atoms with Crippen molar-refractivity contribution in [2.45, 2.75) is 6.92 Å². The predicted molar refractivity (Wildman–Crippen MR) is 82.1 cm³/mol. The molecule has 0 aliphatic rings. The van der Waals surface area contributed by atoms with E-state index in [1.807, 2.05) is 24.3 Å². The van der Waals surface area contributed by atoms with Gasteiger partial charge in [0.15, 0.2) is 0 Å². The average molecular weight is 299 g/mol. The Labute approximate surface area is 126 Å². The van der Waals surface area contributed by atoms with Crippen LogP contribution in [-0.2, 0) is 4.74 Å². The number of thiophene rings is 1. The van der Waals surface area contributed by atoms with Crippen molar-refractivity contribution >= 4 is 27.4 Å². The highest BCUT2D eigenvalue weighted by Crippen LogP contribution is 2.31. The molecule has 0 spiro atoms. The lowest BCUT2D eigenvalue weighted by atomic mass is 10.2. The van der Waals surface area contributed by atoms with Crippen LogP contribution in [0.4, 0.5) is 0 Å². The van der Waals surface area contributed by atoms with Gasteiger partial charge in [-0.05, 0) is 48.7 Å². The third kappa shape index (κ3) is 3.03. The Morgan fingerprint density at radius 3 is 2.71 bits per heavy atom. The van der Waals surface area contributed by atoms with Crippen molar-refractivity contribution < 1.29 is 14.3 Å². The average Bonchev–Trinajstić information content (AvgIpc) is 2.92. The Kier molecular flexibility index (Phi) is 3.83. The second kappa shape index (κ2) is 5.93. The van der Waals surface area contributed by atoms with E-state index < -0.39 is 0 Å². The molecule has 0 unspecified atom stereocenters. The maximum Gasteiger partial charge on any atom is 0.348 e. The van der Waals surface area contributed by atoms with Crippen molar-refractivity contribution in [1.29, 1.82) is 0 Å². The Bertz CT molecular complexity index is 768. The first-order chi connectivity index (χ1) is 10.3. The van der Waals surface area contributed by atoms with E-state index >= 15 is 0 Å². The van der Waals surface area contributed by atoms with Gasteiger partial charge in [-0.1, -0.05) is 0 Å². The third-order valence-electron chi connectivity index (χ3n) is 2.85. The van der Waals surface area contributed by atoms with Crippen LogP contribution in [0.1, 0.15) is 16.6 Å². The Morgan fingerprint density at radius 1 is 1.14 bits per heavy atom. The summed E-state index contributed by atoms with van der Waals surface area (Å²) in [6.45, 7) is 2.18. The molecule has 5 heteroatoms. The second-order valence-corrected chi connectivity index (χ2v) is 5.40. The monoisotopic (exact) mass is 299 g/mol. The smallest absolute Gasteiger partial charge is 0.348 e. The summed E-state index contributed by atoms with van der Waals surface area (Å²) in [5, 5.41) is 1.00. The molecule has 0 saturated heterocycles. The molecule has 0 N–H and O–H groups in total. The molecule has 0 saturated carbocycles. The van der Waals surface area contributed by atoms with Crippen LogP contribution < -0.4 is 4.74 Å². The fourth-order valence-electron chi connectivity index (χ4n) is 1.92. The number of carbonyl (C=O) groups is 1. The largest absolute Gasteiger partial charge is 0.462 e. The highest BCUT2D eigenvalue weighted by Gasteiger charge is 2.11. The summed E-state index contributed by atoms with van der Waals surface area (Å²) in [6, 6.07) is 11.2. The van der Waals surface area contributed by atoms with Crippen molar-refractivity contribution in [1.82, 2.24) is 4.98 Å². The van der Waals surface area contributed by atoms with Crippen LogP contribution in [0, 0.1) is 0 Å². The number of fused-ring (bicyclic) bond motifs is 1. The number of benzene rings is 1. The molecule has 2 aromatic heterocycles. The molecule has 0 bridgehead atoms. The molecule has 1 aromatic carbocycles. The van der Waals surface area contributed by atoms with Crippen molar-refractivity contribution in [3.63, 3.8) is 0 Å². The summed E-state index contributed by atoms with van der Waals surface area (Å²) in [5.41, 5.74) is 0. The van der Waals surface area contributed by atoms with Crippen LogP contribution in [0.25, 0.3) is 10.1 Å². The molecule has 21 heavy (non-hydrogen) atoms. The van der Waals surface area contributed by atoms with E-state index in [2.05, 4.69) is 4.98 Å². The molecule has 0 aliphatic heterocycles. The van der Waals surface area contributed by atoms with Gasteiger partial charge in [0, 0.05) is 17.1 Å². The molecule has 2 heterocycles. The summed E-state index contributed by atoms with van der Waals surface area (Å²) in [7, 11) is 0. The van der Waals surface area contributed by atoms with Crippen molar-refractivity contribution in [3.8, 4) is 11.5 Å². The highest BCUT2D eigenvalue weighted by atomic mass is 32.1. The number of rotatable bonds is 4. The minimum Gasteiger partial charge on any atom is -0.462 e. The van der Waals surface area contributed by atoms with Crippen LogP contribution in [0.2, 0.25) is 0 Å². The third-order valence-corrected chi connectivity index (χ3v) is 3.93. The van der Waals surface area contributed by atoms with Crippen LogP contribution in [0.5, 0.6) is 11.5 Å². The zero-order valence-electron chi connectivity index (χ0n) is 11.4. The number of hydrogen-bond donors (Lipinski definition) is 0. The van der Waals surface area contributed by atoms with E-state index in [4.69, 9.17) is 9.47 Å². The molecule has 0 atom stereocenters. The van der Waals surface area contributed by atoms with Gasteiger partial charge in [0.05, 0.1) is 6.61 Å². The molecule has 106 valence electrons. The van der Waals surface area contributed by atoms with E-state index in [0.29, 0.717) is 11.5 Å². The molecule has 0 aliphatic carbocycles. The topological polar surface area (TPSA) is 48.4 Å². The lowest BCUT2D eigenvalue weighted by Crippen LogP contribution is -2.01. The van der Waals surface area contributed by atoms with Gasteiger partial charge in [0.2, 0.25) is 0 Å². The fourth-order valence-corrected chi connectivity index (χ4v) is 2.91. The number of nitrogens with zero attached hydrogens (tertiary/aromatic N) is 1. The molecule has 3 rings (SSSR count). The molecular formula is C16H13NO3S. The number of ether oxygens (including phenoxy) is 2. The second-order valence-electron chi connectivity index (χ2n) is 4.32. The SMILES string of the molecule is CCOC(=O)c1cc2ccc(Oc3ccncc3)cc2s1. The minimum absolute atomic E-state index is 0.282. The van der Waals surface area contributed by atoms with E-state index in [1.54, 1.807) is 31.5 Å². The molecular weight excluding hydrogens is 286 g/mol. The summed E-state index contributed by atoms with van der Waals surface area (Å²) < 4.78 is 11.8. The molecule has 0 fully saturated rings. The number of aromatic nitrogens is 1. The summed E-state index contributed by atoms with van der Waals surface area (Å²) in [6.07, 6.45) is 3.36. The van der Waals surface area contributed by atoms with E-state index in [0.717, 1.165) is 21.6 Å². The molecule has 0 radical (unpaired) electrons. The van der Waals surface area contributed by atoms with Gasteiger partial charge in [-0.3, -0.25) is 4.98 Å². The van der Waals surface area contributed by atoms with Gasteiger partial charge >= 0.3 is 5.97 Å². The van der Waals surface area contributed by atoms with Crippen molar-refractivity contribution in [2.24, 2.45) is 0 Å². The maximum atomic E-state index is 11.7. The standard InChI is InChI=1S/C16H13NO3S/c1-2-19-16(18)15-9-11-3-4-13(10-14(11)21-15)20-12-5-7-17-8-6-12/h3-10H,2H2,1H3. The first-order valence-corrected chi connectivity index (χ1v) is 7.36. The van der Waals surface area contributed by atoms with E-state index in [1.165, 1.54) is 11.3 Å². The first kappa shape index (κ1) is 13.6. The van der Waals surface area contributed by atoms with Gasteiger partial charge in [-0.25, -0.2) is 4.79 Å². The van der Waals surface area contributed by atoms with Gasteiger partial charge in [0.25, 0.3) is 0 Å². The van der Waals surface area contributed by atoms with Crippen molar-refractivity contribution in [2.75, 3.05) is 6.61 Å². The fraction of sp³-hybridized carbons (Fsp3) is 0.125. The number of esters is 1. The molecule has 0 amide bonds. The van der Waals surface area contributed by atoms with Gasteiger partial charge < -0.3 is 9.47 Å². The summed E-state index contributed by atoms with van der Waals surface area (Å²) in [4.78, 5) is 16.3. The maximum absolute atomic E-state index is 11.7. The number of carbonyl (C=O) groups excluding carboxylic acids is 1. The normalized spacial score (nSPS) is 10.5. The Balaban J connectivity index is 1.88. The molecule has 4 nitrogen and oxygen atoms in total. The zero-order chi connectivity index (χ0) is 14.7. The number of hydrogen-bond acceptors (Lipinski definition) is 5. The Morgan fingerprint density at radius 2 is 1.95 bits per heavy atom. The quantitative estimate of drug-likeness (QED) is 0.675. The summed E-state index contributed by atoms with van der Waals surface area (Å²) in [5.74, 6) is 1.17. The minimum atomic E-state index is -0.282. The van der Waals surface area contributed by atoms with Gasteiger partial charge in [-0.15, -0.1) is 11.3 Å². The van der Waals surface area contributed by atoms with Gasteiger partial charge in [-0.2, -0.15) is 0 Å². The Hall–Kier alpha value is -2.40. The lowest BCUT2D eigenvalue weighted by molar-refractivity contribution is 0.0532. The lowest BCUT2D eigenvalue weighted by Gasteiger charge is -2.04. The number of pyridine rings is 1. The van der Waals surface area contributed by atoms with E-state index in [9.17, 15) is 4.79 Å². The summed E-state index contributed by atoms with van der Waals surface area (Å²) >= 11 is 1.40. The van der Waals surface area contributed by atoms with E-state index in [-0.39, 0.29) is 5.97 Å². The highest BCUT2D eigenvalue weighted by molar-refractivity contribution is 7.20. The van der Waals surface area contributed by atoms with Gasteiger partial charge in [0.1, 0.15) is 16.4 Å². The van der Waals surface area contributed by atoms with Crippen molar-refractivity contribution in [3.05, 3.63) is 53.7 Å². The zero-order valence-corrected chi connectivity index (χ0v) is 12.2. The van der Waals surface area contributed by atoms with Crippen LogP contribution in [0.15, 0.2) is 48.8 Å². The predicted octanol–water partition coefficient (Wildman–Crippen LogP) is 4.27. The van der Waals surface area contributed by atoms with Crippen LogP contribution in [-0.4, -0.2) is 17.6 Å².